The van der Waals surface area contributed by atoms with Crippen LogP contribution in [0.3, 0.4) is 0 Å². The van der Waals surface area contributed by atoms with Gasteiger partial charge < -0.3 is 20.3 Å². The molecule has 0 amide bonds. The van der Waals surface area contributed by atoms with E-state index in [1.165, 1.54) is 10.9 Å². The van der Waals surface area contributed by atoms with Crippen molar-refractivity contribution in [2.75, 3.05) is 25.0 Å². The molecule has 0 radical (unpaired) electrons. The molecule has 3 N–H and O–H groups in total. The topological polar surface area (TPSA) is 99.1 Å². The normalized spacial score (nSPS) is 21.5. The number of rotatable bonds is 4. The van der Waals surface area contributed by atoms with Crippen LogP contribution in [-0.2, 0) is 20.9 Å². The second kappa shape index (κ2) is 12.6. The first-order valence-electron chi connectivity index (χ1n) is 10.6. The number of likely N-dealkylation sites (tertiary alicyclic amines) is 1. The molecular formula is C22H23F7N2O5S. The first-order valence-corrected chi connectivity index (χ1v) is 11.5. The summed E-state index contributed by atoms with van der Waals surface area (Å²) in [4.78, 5) is 21.7. The molecule has 37 heavy (non-hydrogen) atoms. The van der Waals surface area contributed by atoms with Crippen LogP contribution in [-0.4, -0.2) is 70.7 Å². The fourth-order valence-corrected chi connectivity index (χ4v) is 4.47. The predicted molar refractivity (Wildman–Crippen MR) is 119 cm³/mol. The zero-order valence-electron chi connectivity index (χ0n) is 19.0. The van der Waals surface area contributed by atoms with Crippen LogP contribution in [0.25, 0.3) is 0 Å². The average molecular weight is 560 g/mol. The van der Waals surface area contributed by atoms with Crippen LogP contribution in [0.5, 0.6) is 0 Å². The zero-order valence-corrected chi connectivity index (χ0v) is 19.8. The van der Waals surface area contributed by atoms with E-state index in [0.29, 0.717) is 6.61 Å². The highest BCUT2D eigenvalue weighted by molar-refractivity contribution is 7.09. The van der Waals surface area contributed by atoms with Crippen LogP contribution >= 0.6 is 11.3 Å². The number of carboxylic acids is 2. The number of hydrogen-bond acceptors (Lipinski definition) is 6. The van der Waals surface area contributed by atoms with E-state index in [1.54, 1.807) is 12.1 Å². The average Bonchev–Trinajstić information content (AvgIpc) is 3.51. The summed E-state index contributed by atoms with van der Waals surface area (Å²) in [5.41, 5.74) is 0.812. The van der Waals surface area contributed by atoms with Crippen molar-refractivity contribution >= 4 is 29.0 Å². The summed E-state index contributed by atoms with van der Waals surface area (Å²) in [6, 6.07) is 11.2. The molecule has 0 aliphatic carbocycles. The minimum absolute atomic E-state index is 0.0255. The smallest absolute Gasteiger partial charge is 0.475 e. The summed E-state index contributed by atoms with van der Waals surface area (Å²) in [6.45, 7) is 3.80. The molecule has 2 atom stereocenters. The van der Waals surface area contributed by atoms with Gasteiger partial charge in [0.05, 0.1) is 18.2 Å². The van der Waals surface area contributed by atoms with Crippen molar-refractivity contribution in [2.24, 2.45) is 0 Å². The van der Waals surface area contributed by atoms with E-state index in [-0.39, 0.29) is 17.5 Å². The molecule has 4 rings (SSSR count). The molecule has 0 saturated carbocycles. The maximum absolute atomic E-state index is 13.3. The summed E-state index contributed by atoms with van der Waals surface area (Å²) in [5, 5.41) is 19.8. The van der Waals surface area contributed by atoms with Gasteiger partial charge in [0.2, 0.25) is 0 Å². The lowest BCUT2D eigenvalue weighted by Gasteiger charge is -2.23. The monoisotopic (exact) mass is 560 g/mol. The van der Waals surface area contributed by atoms with Gasteiger partial charge >= 0.3 is 24.3 Å². The van der Waals surface area contributed by atoms with Gasteiger partial charge in [0.25, 0.3) is 0 Å². The first-order chi connectivity index (χ1) is 17.1. The number of nitrogens with zero attached hydrogens (tertiary/aromatic N) is 1. The Hall–Kier alpha value is -2.91. The van der Waals surface area contributed by atoms with Crippen LogP contribution < -0.4 is 5.32 Å². The van der Waals surface area contributed by atoms with Crippen molar-refractivity contribution in [1.29, 1.82) is 0 Å². The third kappa shape index (κ3) is 10.2. The highest BCUT2D eigenvalue weighted by atomic mass is 32.1. The van der Waals surface area contributed by atoms with Crippen molar-refractivity contribution < 1.29 is 55.3 Å². The number of aliphatic carboxylic acids is 2. The molecule has 15 heteroatoms. The van der Waals surface area contributed by atoms with Crippen LogP contribution in [0, 0.1) is 5.82 Å². The predicted octanol–water partition coefficient (Wildman–Crippen LogP) is 5.00. The quantitative estimate of drug-likeness (QED) is 0.453. The van der Waals surface area contributed by atoms with E-state index < -0.39 is 24.3 Å². The fourth-order valence-electron chi connectivity index (χ4n) is 3.72. The summed E-state index contributed by atoms with van der Waals surface area (Å²) in [5.74, 6) is -5.72. The van der Waals surface area contributed by atoms with Gasteiger partial charge in [-0.2, -0.15) is 26.3 Å². The van der Waals surface area contributed by atoms with E-state index in [4.69, 9.17) is 24.5 Å². The van der Waals surface area contributed by atoms with Crippen molar-refractivity contribution in [3.05, 3.63) is 52.5 Å². The van der Waals surface area contributed by atoms with Crippen LogP contribution in [0.4, 0.5) is 36.4 Å². The van der Waals surface area contributed by atoms with Gasteiger partial charge in [-0.05, 0) is 36.1 Å². The van der Waals surface area contributed by atoms with Gasteiger partial charge in [0, 0.05) is 36.6 Å². The van der Waals surface area contributed by atoms with Gasteiger partial charge in [-0.15, -0.1) is 11.3 Å². The molecule has 1 aromatic heterocycles. The molecule has 1 spiro atoms. The SMILES string of the molecule is Fc1cccc(NC2COC3(CCN(Cc4cccs4)C3)C2)c1.O=C(O)C(F)(F)F.O=C(O)C(F)(F)F. The summed E-state index contributed by atoms with van der Waals surface area (Å²) in [6.07, 6.45) is -8.09. The van der Waals surface area contributed by atoms with Gasteiger partial charge in [-0.1, -0.05) is 12.1 Å². The highest BCUT2D eigenvalue weighted by Crippen LogP contribution is 2.37. The Morgan fingerprint density at radius 1 is 1.08 bits per heavy atom. The molecule has 2 aromatic rings. The lowest BCUT2D eigenvalue weighted by molar-refractivity contribution is -0.193. The highest BCUT2D eigenvalue weighted by Gasteiger charge is 2.45. The third-order valence-electron chi connectivity index (χ3n) is 5.24. The molecule has 1 aromatic carbocycles. The number of alkyl halides is 6. The molecule has 2 fully saturated rings. The largest absolute Gasteiger partial charge is 0.490 e. The maximum atomic E-state index is 13.3. The first kappa shape index (κ1) is 30.3. The molecule has 2 aliphatic rings. The number of carbonyl (C=O) groups is 2. The molecule has 206 valence electrons. The Labute approximate surface area is 210 Å². The molecular weight excluding hydrogens is 537 g/mol. The van der Waals surface area contributed by atoms with Crippen LogP contribution in [0.2, 0.25) is 0 Å². The third-order valence-corrected chi connectivity index (χ3v) is 6.11. The van der Waals surface area contributed by atoms with Crippen molar-refractivity contribution in [3.63, 3.8) is 0 Å². The fraction of sp³-hybridized carbons (Fsp3) is 0.455. The number of anilines is 1. The van der Waals surface area contributed by atoms with E-state index in [1.807, 2.05) is 17.4 Å². The van der Waals surface area contributed by atoms with Crippen molar-refractivity contribution in [2.45, 2.75) is 43.4 Å². The van der Waals surface area contributed by atoms with Crippen molar-refractivity contribution in [1.82, 2.24) is 4.90 Å². The Bertz CT molecular complexity index is 1010. The number of benzene rings is 1. The number of nitrogens with one attached hydrogen (secondary N) is 1. The summed E-state index contributed by atoms with van der Waals surface area (Å²) < 4.78 is 82.9. The van der Waals surface area contributed by atoms with Gasteiger partial charge in [-0.3, -0.25) is 4.90 Å². The number of ether oxygens (including phenoxy) is 1. The number of hydrogen-bond donors (Lipinski definition) is 3. The lowest BCUT2D eigenvalue weighted by Crippen LogP contribution is -2.33. The molecule has 2 unspecified atom stereocenters. The number of carboxylic acid groups (broad SMARTS) is 2. The Kier molecular flexibility index (Phi) is 10.3. The molecule has 7 nitrogen and oxygen atoms in total. The maximum Gasteiger partial charge on any atom is 0.490 e. The second-order valence-electron chi connectivity index (χ2n) is 8.20. The Morgan fingerprint density at radius 2 is 1.70 bits per heavy atom. The van der Waals surface area contributed by atoms with Gasteiger partial charge in [0.1, 0.15) is 5.82 Å². The number of halogens is 7. The standard InChI is InChI=1S/C18H21FN2OS.2C2HF3O2/c19-14-3-1-4-15(9-14)20-16-10-18(22-12-16)6-7-21(13-18)11-17-5-2-8-23-17;2*3-2(4,5)1(6)7/h1-5,8-9,16,20H,6-7,10-13H2;2*(H,6,7). The molecule has 2 saturated heterocycles. The summed E-state index contributed by atoms with van der Waals surface area (Å²) >= 11 is 1.81. The van der Waals surface area contributed by atoms with E-state index in [0.717, 1.165) is 38.2 Å². The Morgan fingerprint density at radius 3 is 2.22 bits per heavy atom. The Balaban J connectivity index is 0.000000286. The second-order valence-corrected chi connectivity index (χ2v) is 9.23. The molecule has 2 aliphatic heterocycles. The number of thiophene rings is 1. The van der Waals surface area contributed by atoms with Crippen molar-refractivity contribution in [3.8, 4) is 0 Å². The van der Waals surface area contributed by atoms with Gasteiger partial charge in [0.15, 0.2) is 0 Å². The lowest BCUT2D eigenvalue weighted by atomic mass is 9.97. The molecule has 3 heterocycles. The summed E-state index contributed by atoms with van der Waals surface area (Å²) in [7, 11) is 0. The van der Waals surface area contributed by atoms with Gasteiger partial charge in [-0.25, -0.2) is 14.0 Å². The van der Waals surface area contributed by atoms with Crippen LogP contribution in [0.15, 0.2) is 41.8 Å². The van der Waals surface area contributed by atoms with Crippen LogP contribution in [0.1, 0.15) is 17.7 Å². The molecule has 0 bridgehead atoms. The minimum Gasteiger partial charge on any atom is -0.475 e. The van der Waals surface area contributed by atoms with E-state index in [2.05, 4.69) is 27.7 Å². The van der Waals surface area contributed by atoms with E-state index in [9.17, 15) is 30.7 Å². The van der Waals surface area contributed by atoms with E-state index >= 15 is 0 Å². The zero-order chi connectivity index (χ0) is 27.9. The minimum atomic E-state index is -5.08.